The van der Waals surface area contributed by atoms with E-state index in [9.17, 15) is 0 Å². The maximum Gasteiger partial charge on any atom is 0.182 e. The highest BCUT2D eigenvalue weighted by atomic mass is 127. The van der Waals surface area contributed by atoms with Gasteiger partial charge in [0.15, 0.2) is 3.83 Å². The molecule has 0 aliphatic carbocycles. The van der Waals surface area contributed by atoms with E-state index in [2.05, 4.69) is 43.7 Å². The summed E-state index contributed by atoms with van der Waals surface area (Å²) in [4.78, 5) is 4.32. The second-order valence-corrected chi connectivity index (χ2v) is 3.82. The molecule has 4 heteroatoms. The summed E-state index contributed by atoms with van der Waals surface area (Å²) in [5, 5.41) is 0. The van der Waals surface area contributed by atoms with Gasteiger partial charge in [-0.1, -0.05) is 12.1 Å². The van der Waals surface area contributed by atoms with Crippen molar-refractivity contribution in [2.75, 3.05) is 0 Å². The van der Waals surface area contributed by atoms with Crippen LogP contribution in [0.15, 0.2) is 24.3 Å². The number of rotatable bonds is 0. The number of hydrogen-bond acceptors (Lipinski definition) is 1. The van der Waals surface area contributed by atoms with Crippen LogP contribution >= 0.6 is 38.7 Å². The second-order valence-electron chi connectivity index (χ2n) is 2.15. The van der Waals surface area contributed by atoms with E-state index in [1.807, 2.05) is 27.9 Å². The van der Waals surface area contributed by atoms with Crippen molar-refractivity contribution in [1.82, 2.24) is 8.58 Å². The van der Waals surface area contributed by atoms with Crippen molar-refractivity contribution in [1.29, 1.82) is 0 Å². The van der Waals surface area contributed by atoms with E-state index < -0.39 is 0 Å². The van der Waals surface area contributed by atoms with Crippen LogP contribution in [0.1, 0.15) is 0 Å². The Kier molecular flexibility index (Phi) is 1.88. The maximum absolute atomic E-state index is 4.32. The van der Waals surface area contributed by atoms with Crippen molar-refractivity contribution in [3.05, 3.63) is 28.1 Å². The molecule has 0 N–H and O–H groups in total. The Hall–Kier alpha value is -0.100. The largest absolute Gasteiger partial charge is 0.253 e. The second kappa shape index (κ2) is 2.75. The van der Waals surface area contributed by atoms with E-state index in [1.54, 1.807) is 0 Å². The van der Waals surface area contributed by atoms with Gasteiger partial charge in [0.25, 0.3) is 0 Å². The molecule has 2 rings (SSSR count). The molecule has 0 radical (unpaired) electrons. The summed E-state index contributed by atoms with van der Waals surface area (Å²) in [7, 11) is 0. The lowest BCUT2D eigenvalue weighted by molar-refractivity contribution is 1.21. The van der Waals surface area contributed by atoms with Crippen LogP contribution in [0.4, 0.5) is 0 Å². The van der Waals surface area contributed by atoms with Crippen molar-refractivity contribution >= 4 is 49.8 Å². The molecule has 0 fully saturated rings. The summed E-state index contributed by atoms with van der Waals surface area (Å²) < 4.78 is 2.84. The van der Waals surface area contributed by atoms with Gasteiger partial charge < -0.3 is 0 Å². The predicted octanol–water partition coefficient (Wildman–Crippen LogP) is 2.80. The SMILES string of the molecule is Brn1c(I)nc2ccccc21. The first kappa shape index (κ1) is 7.54. The zero-order chi connectivity index (χ0) is 7.84. The van der Waals surface area contributed by atoms with Crippen LogP contribution in [-0.2, 0) is 0 Å². The van der Waals surface area contributed by atoms with E-state index in [1.165, 1.54) is 0 Å². The van der Waals surface area contributed by atoms with Gasteiger partial charge in [-0.3, -0.25) is 3.59 Å². The molecule has 0 spiro atoms. The van der Waals surface area contributed by atoms with Gasteiger partial charge in [-0.15, -0.1) is 0 Å². The molecule has 1 heterocycles. The topological polar surface area (TPSA) is 17.8 Å². The molecular weight excluding hydrogens is 319 g/mol. The first-order valence-corrected chi connectivity index (χ1v) is 4.87. The fourth-order valence-electron chi connectivity index (χ4n) is 0.967. The summed E-state index contributed by atoms with van der Waals surface area (Å²) in [5.41, 5.74) is 2.13. The number of nitrogens with zero attached hydrogens (tertiary/aromatic N) is 2. The molecule has 0 saturated carbocycles. The average Bonchev–Trinajstić information content (AvgIpc) is 2.30. The number of imidazole rings is 1. The van der Waals surface area contributed by atoms with Crippen molar-refractivity contribution < 1.29 is 0 Å². The number of benzene rings is 1. The summed E-state index contributed by atoms with van der Waals surface area (Å²) in [6.07, 6.45) is 0. The lowest BCUT2D eigenvalue weighted by atomic mass is 10.3. The molecule has 0 saturated heterocycles. The van der Waals surface area contributed by atoms with Gasteiger partial charge in [0.1, 0.15) is 0 Å². The summed E-state index contributed by atoms with van der Waals surface area (Å²) in [6.45, 7) is 0. The Morgan fingerprint density at radius 1 is 1.36 bits per heavy atom. The van der Waals surface area contributed by atoms with Crippen LogP contribution in [0.3, 0.4) is 0 Å². The van der Waals surface area contributed by atoms with Crippen molar-refractivity contribution in [3.63, 3.8) is 0 Å². The Labute approximate surface area is 86.1 Å². The fourth-order valence-corrected chi connectivity index (χ4v) is 1.87. The Morgan fingerprint density at radius 2 is 2.09 bits per heavy atom. The molecule has 0 atom stereocenters. The van der Waals surface area contributed by atoms with E-state index in [0.717, 1.165) is 14.9 Å². The molecule has 1 aromatic carbocycles. The highest BCUT2D eigenvalue weighted by molar-refractivity contribution is 14.1. The van der Waals surface area contributed by atoms with Crippen molar-refractivity contribution in [2.24, 2.45) is 0 Å². The smallest absolute Gasteiger partial charge is 0.182 e. The minimum Gasteiger partial charge on any atom is -0.253 e. The Bertz CT molecular complexity index is 396. The Balaban J connectivity index is 2.92. The van der Waals surface area contributed by atoms with Crippen LogP contribution in [0, 0.1) is 3.83 Å². The molecule has 0 aliphatic heterocycles. The number of halogens is 2. The quantitative estimate of drug-likeness (QED) is 0.682. The van der Waals surface area contributed by atoms with Gasteiger partial charge in [0, 0.05) is 22.6 Å². The van der Waals surface area contributed by atoms with Crippen LogP contribution < -0.4 is 0 Å². The Morgan fingerprint density at radius 3 is 2.82 bits per heavy atom. The zero-order valence-electron chi connectivity index (χ0n) is 5.46. The minimum absolute atomic E-state index is 0.948. The monoisotopic (exact) mass is 322 g/mol. The standard InChI is InChI=1S/C7H4BrIN2/c8-11-6-4-2-1-3-5(6)10-7(11)9/h1-4H. The zero-order valence-corrected chi connectivity index (χ0v) is 9.20. The first-order chi connectivity index (χ1) is 5.29. The summed E-state index contributed by atoms with van der Waals surface area (Å²) >= 11 is 5.58. The van der Waals surface area contributed by atoms with Crippen LogP contribution in [0.25, 0.3) is 11.0 Å². The average molecular weight is 323 g/mol. The lowest BCUT2D eigenvalue weighted by Crippen LogP contribution is -1.80. The molecule has 0 unspecified atom stereocenters. The fraction of sp³-hybridized carbons (Fsp3) is 0. The van der Waals surface area contributed by atoms with Crippen LogP contribution in [0.2, 0.25) is 0 Å². The third kappa shape index (κ3) is 1.18. The van der Waals surface area contributed by atoms with Gasteiger partial charge in [-0.05, 0) is 12.1 Å². The molecular formula is C7H4BrIN2. The van der Waals surface area contributed by atoms with Gasteiger partial charge in [-0.25, -0.2) is 4.98 Å². The van der Waals surface area contributed by atoms with Crippen molar-refractivity contribution in [2.45, 2.75) is 0 Å². The highest BCUT2D eigenvalue weighted by Crippen LogP contribution is 2.18. The maximum atomic E-state index is 4.32. The molecule has 11 heavy (non-hydrogen) atoms. The van der Waals surface area contributed by atoms with E-state index >= 15 is 0 Å². The number of fused-ring (bicyclic) bond motifs is 1. The van der Waals surface area contributed by atoms with Gasteiger partial charge >= 0.3 is 0 Å². The van der Waals surface area contributed by atoms with Gasteiger partial charge in [0.2, 0.25) is 0 Å². The molecule has 2 aromatic rings. The molecule has 56 valence electrons. The summed E-state index contributed by atoms with van der Waals surface area (Å²) in [6, 6.07) is 8.00. The molecule has 0 bridgehead atoms. The normalized spacial score (nSPS) is 10.7. The minimum atomic E-state index is 0.948. The predicted molar refractivity (Wildman–Crippen MR) is 56.8 cm³/mol. The molecule has 0 amide bonds. The molecule has 1 aromatic heterocycles. The number of hydrogen-bond donors (Lipinski definition) is 0. The third-order valence-corrected chi connectivity index (χ3v) is 3.57. The van der Waals surface area contributed by atoms with Gasteiger partial charge in [0.05, 0.1) is 27.2 Å². The molecule has 0 aliphatic rings. The summed E-state index contributed by atoms with van der Waals surface area (Å²) in [5.74, 6) is 0. The van der Waals surface area contributed by atoms with Crippen LogP contribution in [-0.4, -0.2) is 8.58 Å². The highest BCUT2D eigenvalue weighted by Gasteiger charge is 2.03. The molecule has 2 nitrogen and oxygen atoms in total. The van der Waals surface area contributed by atoms with E-state index in [-0.39, 0.29) is 0 Å². The number of para-hydroxylation sites is 2. The van der Waals surface area contributed by atoms with Crippen LogP contribution in [0.5, 0.6) is 0 Å². The van der Waals surface area contributed by atoms with E-state index in [0.29, 0.717) is 0 Å². The van der Waals surface area contributed by atoms with Crippen molar-refractivity contribution in [3.8, 4) is 0 Å². The first-order valence-electron chi connectivity index (χ1n) is 3.08. The number of aromatic nitrogens is 2. The lowest BCUT2D eigenvalue weighted by Gasteiger charge is -1.89. The van der Waals surface area contributed by atoms with E-state index in [4.69, 9.17) is 0 Å². The van der Waals surface area contributed by atoms with Gasteiger partial charge in [-0.2, -0.15) is 0 Å². The third-order valence-electron chi connectivity index (χ3n) is 1.47.